The molecule has 3 aromatic rings. The van der Waals surface area contributed by atoms with Crippen molar-refractivity contribution in [3.8, 4) is 16.9 Å². The molecule has 1 aliphatic heterocycles. The number of piperazine rings is 1. The molecule has 2 aromatic carbocycles. The van der Waals surface area contributed by atoms with E-state index in [1.165, 1.54) is 0 Å². The number of para-hydroxylation sites is 1. The fraction of sp³-hybridized carbons (Fsp3) is 0.296. The van der Waals surface area contributed by atoms with Gasteiger partial charge in [0.15, 0.2) is 0 Å². The molecule has 0 saturated carbocycles. The third-order valence-electron chi connectivity index (χ3n) is 6.05. The number of methoxy groups -OCH3 is 1. The summed E-state index contributed by atoms with van der Waals surface area (Å²) in [4.78, 5) is 34.7. The predicted molar refractivity (Wildman–Crippen MR) is 128 cm³/mol. The monoisotopic (exact) mass is 443 g/mol. The second-order valence-corrected chi connectivity index (χ2v) is 8.12. The molecule has 0 radical (unpaired) electrons. The molecule has 6 nitrogen and oxygen atoms in total. The van der Waals surface area contributed by atoms with E-state index in [1.54, 1.807) is 36.4 Å². The number of benzene rings is 2. The predicted octanol–water partition coefficient (Wildman–Crippen LogP) is 4.06. The summed E-state index contributed by atoms with van der Waals surface area (Å²) in [6.45, 7) is 3.78. The van der Waals surface area contributed by atoms with Gasteiger partial charge in [0.25, 0.3) is 5.91 Å². The number of pyridine rings is 1. The molecule has 0 bridgehead atoms. The second-order valence-electron chi connectivity index (χ2n) is 8.12. The van der Waals surface area contributed by atoms with Crippen LogP contribution in [0.5, 0.6) is 5.75 Å². The quantitative estimate of drug-likeness (QED) is 0.552. The lowest BCUT2D eigenvalue weighted by Crippen LogP contribution is -2.59. The van der Waals surface area contributed by atoms with Crippen LogP contribution in [0.4, 0.5) is 0 Å². The van der Waals surface area contributed by atoms with Crippen LogP contribution in [0.1, 0.15) is 29.4 Å². The van der Waals surface area contributed by atoms with E-state index in [0.29, 0.717) is 31.7 Å². The topological polar surface area (TPSA) is 62.7 Å². The molecule has 1 saturated heterocycles. The van der Waals surface area contributed by atoms with Crippen LogP contribution in [-0.4, -0.2) is 59.4 Å². The molecule has 1 atom stereocenters. The Morgan fingerprint density at radius 3 is 2.45 bits per heavy atom. The highest BCUT2D eigenvalue weighted by Gasteiger charge is 2.38. The van der Waals surface area contributed by atoms with E-state index in [2.05, 4.69) is 11.9 Å². The Morgan fingerprint density at radius 2 is 1.73 bits per heavy atom. The highest BCUT2D eigenvalue weighted by molar-refractivity contribution is 5.97. The molecular formula is C27H29N3O3. The minimum atomic E-state index is -0.587. The average molecular weight is 444 g/mol. The van der Waals surface area contributed by atoms with E-state index in [9.17, 15) is 9.59 Å². The van der Waals surface area contributed by atoms with E-state index in [0.717, 1.165) is 28.9 Å². The number of rotatable bonds is 7. The fourth-order valence-corrected chi connectivity index (χ4v) is 4.44. The maximum atomic E-state index is 13.5. The molecule has 1 unspecified atom stereocenters. The van der Waals surface area contributed by atoms with Gasteiger partial charge in [0.1, 0.15) is 17.5 Å². The lowest BCUT2D eigenvalue weighted by atomic mass is 9.92. The zero-order chi connectivity index (χ0) is 23.2. The van der Waals surface area contributed by atoms with E-state index in [1.807, 2.05) is 53.4 Å². The van der Waals surface area contributed by atoms with Crippen molar-refractivity contribution < 1.29 is 14.3 Å². The van der Waals surface area contributed by atoms with Crippen LogP contribution >= 0.6 is 0 Å². The number of amides is 2. The van der Waals surface area contributed by atoms with Gasteiger partial charge in [-0.2, -0.15) is 0 Å². The Labute approximate surface area is 194 Å². The molecule has 0 spiro atoms. The van der Waals surface area contributed by atoms with Gasteiger partial charge in [-0.05, 0) is 35.7 Å². The molecule has 170 valence electrons. The summed E-state index contributed by atoms with van der Waals surface area (Å²) < 4.78 is 5.58. The average Bonchev–Trinajstić information content (AvgIpc) is 2.87. The van der Waals surface area contributed by atoms with Crippen LogP contribution in [0, 0.1) is 0 Å². The van der Waals surface area contributed by atoms with Crippen LogP contribution in [0.2, 0.25) is 0 Å². The Kier molecular flexibility index (Phi) is 7.03. The fourth-order valence-electron chi connectivity index (χ4n) is 4.44. The Bertz CT molecular complexity index is 1120. The Morgan fingerprint density at radius 1 is 1.00 bits per heavy atom. The van der Waals surface area contributed by atoms with Crippen molar-refractivity contribution in [2.24, 2.45) is 0 Å². The molecule has 0 aliphatic carbocycles. The van der Waals surface area contributed by atoms with Crippen LogP contribution in [0.3, 0.4) is 0 Å². The van der Waals surface area contributed by atoms with Crippen molar-refractivity contribution in [1.29, 1.82) is 0 Å². The van der Waals surface area contributed by atoms with Gasteiger partial charge in [-0.3, -0.25) is 14.6 Å². The molecule has 2 amide bonds. The van der Waals surface area contributed by atoms with Crippen LogP contribution in [0.15, 0.2) is 72.9 Å². The molecule has 6 heteroatoms. The number of hydrogen-bond acceptors (Lipinski definition) is 4. The number of ether oxygens (including phenoxy) is 1. The third kappa shape index (κ3) is 4.75. The molecule has 2 heterocycles. The first-order chi connectivity index (χ1) is 16.1. The van der Waals surface area contributed by atoms with Crippen molar-refractivity contribution in [2.75, 3.05) is 26.7 Å². The summed E-state index contributed by atoms with van der Waals surface area (Å²) in [5.74, 6) is 0.552. The molecule has 1 aromatic heterocycles. The number of nitrogens with zero attached hydrogens (tertiary/aromatic N) is 3. The van der Waals surface area contributed by atoms with Crippen LogP contribution in [0.25, 0.3) is 11.1 Å². The van der Waals surface area contributed by atoms with Gasteiger partial charge in [-0.15, -0.1) is 0 Å². The third-order valence-corrected chi connectivity index (χ3v) is 6.05. The van der Waals surface area contributed by atoms with Crippen molar-refractivity contribution >= 4 is 11.8 Å². The lowest BCUT2D eigenvalue weighted by molar-refractivity contribution is -0.140. The lowest BCUT2D eigenvalue weighted by Gasteiger charge is -2.40. The number of aromatic nitrogens is 1. The van der Waals surface area contributed by atoms with E-state index >= 15 is 0 Å². The number of hydrogen-bond donors (Lipinski definition) is 0. The molecule has 1 fully saturated rings. The van der Waals surface area contributed by atoms with Crippen molar-refractivity contribution in [1.82, 2.24) is 14.8 Å². The highest BCUT2D eigenvalue weighted by atomic mass is 16.5. The Balaban J connectivity index is 1.71. The molecular weight excluding hydrogens is 414 g/mol. The van der Waals surface area contributed by atoms with Crippen molar-refractivity contribution in [3.05, 3.63) is 84.2 Å². The number of carbonyl (C=O) groups is 2. The van der Waals surface area contributed by atoms with Gasteiger partial charge in [-0.25, -0.2) is 0 Å². The van der Waals surface area contributed by atoms with Gasteiger partial charge in [0.05, 0.1) is 7.11 Å². The Hall–Kier alpha value is -3.67. The van der Waals surface area contributed by atoms with Crippen LogP contribution < -0.4 is 4.74 Å². The normalized spacial score (nSPS) is 16.1. The van der Waals surface area contributed by atoms with Gasteiger partial charge in [0.2, 0.25) is 5.91 Å². The largest absolute Gasteiger partial charge is 0.496 e. The molecule has 0 N–H and O–H groups in total. The van der Waals surface area contributed by atoms with E-state index in [4.69, 9.17) is 4.74 Å². The number of carbonyl (C=O) groups excluding carboxylic acids is 2. The van der Waals surface area contributed by atoms with E-state index < -0.39 is 6.04 Å². The summed E-state index contributed by atoms with van der Waals surface area (Å²) in [5.41, 5.74) is 3.32. The minimum Gasteiger partial charge on any atom is -0.496 e. The summed E-state index contributed by atoms with van der Waals surface area (Å²) in [7, 11) is 1.65. The SMILES string of the molecule is CCCN1CCN(C(=O)c2ccccn2)C(Cc2ccccc2-c2ccccc2OC)C1=O. The first-order valence-corrected chi connectivity index (χ1v) is 11.4. The zero-order valence-corrected chi connectivity index (χ0v) is 19.1. The second kappa shape index (κ2) is 10.3. The van der Waals surface area contributed by atoms with Gasteiger partial charge >= 0.3 is 0 Å². The van der Waals surface area contributed by atoms with Crippen molar-refractivity contribution in [3.63, 3.8) is 0 Å². The highest BCUT2D eigenvalue weighted by Crippen LogP contribution is 2.33. The van der Waals surface area contributed by atoms with Crippen LogP contribution in [-0.2, 0) is 11.2 Å². The summed E-state index contributed by atoms with van der Waals surface area (Å²) in [6, 6.07) is 20.5. The summed E-state index contributed by atoms with van der Waals surface area (Å²) >= 11 is 0. The summed E-state index contributed by atoms with van der Waals surface area (Å²) in [6.07, 6.45) is 2.91. The summed E-state index contributed by atoms with van der Waals surface area (Å²) in [5, 5.41) is 0. The molecule has 1 aliphatic rings. The minimum absolute atomic E-state index is 0.0118. The van der Waals surface area contributed by atoms with Gasteiger partial charge < -0.3 is 14.5 Å². The maximum Gasteiger partial charge on any atom is 0.273 e. The first kappa shape index (κ1) is 22.5. The molecule has 33 heavy (non-hydrogen) atoms. The first-order valence-electron chi connectivity index (χ1n) is 11.4. The standard InChI is InChI=1S/C27H29N3O3/c1-3-16-29-17-18-30(26(31)23-13-8-9-15-28-23)24(27(29)32)19-20-10-4-5-11-21(20)22-12-6-7-14-25(22)33-2/h4-15,24H,3,16-19H2,1-2H3. The zero-order valence-electron chi connectivity index (χ0n) is 19.1. The van der Waals surface area contributed by atoms with E-state index in [-0.39, 0.29) is 11.8 Å². The van der Waals surface area contributed by atoms with Gasteiger partial charge in [0, 0.05) is 37.8 Å². The molecule has 4 rings (SSSR count). The maximum absolute atomic E-state index is 13.5. The van der Waals surface area contributed by atoms with Gasteiger partial charge in [-0.1, -0.05) is 55.5 Å². The van der Waals surface area contributed by atoms with Crippen molar-refractivity contribution in [2.45, 2.75) is 25.8 Å². The smallest absolute Gasteiger partial charge is 0.273 e.